The molecule has 0 aromatic rings. The molecule has 0 heterocycles. The predicted molar refractivity (Wildman–Crippen MR) is 167 cm³/mol. The Morgan fingerprint density at radius 1 is 0.650 bits per heavy atom. The van der Waals surface area contributed by atoms with E-state index in [0.717, 1.165) is 77.4 Å². The maximum absolute atomic E-state index is 11.8. The molecule has 8 atom stereocenters. The Morgan fingerprint density at radius 2 is 1.02 bits per heavy atom. The zero-order valence-corrected chi connectivity index (χ0v) is 28.1. The molecule has 8 heteroatoms. The van der Waals surface area contributed by atoms with Crippen LogP contribution in [0.4, 0.5) is 0 Å². The van der Waals surface area contributed by atoms with E-state index in [4.69, 9.17) is 55.9 Å². The highest BCUT2D eigenvalue weighted by molar-refractivity contribution is 6.61. The number of ether oxygens (including phenoxy) is 2. The Hall–Kier alpha value is 0.420. The summed E-state index contributed by atoms with van der Waals surface area (Å²) < 4.78 is 9.19. The molecule has 4 aliphatic carbocycles. The third-order valence-corrected chi connectivity index (χ3v) is 11.9. The minimum Gasteiger partial charge on any atom is -0.379 e. The third-order valence-electron chi connectivity index (χ3n) is 10.2. The van der Waals surface area contributed by atoms with E-state index in [-0.39, 0.29) is 35.2 Å². The van der Waals surface area contributed by atoms with Crippen molar-refractivity contribution in [3.8, 4) is 0 Å². The fourth-order valence-electron chi connectivity index (χ4n) is 7.97. The Kier molecular flexibility index (Phi) is 13.9. The standard InChI is InChI=1S/2C16H26Cl2O2/c2*1-3-12(20-4-2)8-6-5-7-11-9-10-13-14(11)16(17,18)15(13)19/h2*11-14H,3-10H2,1-2H3. The lowest BCUT2D eigenvalue weighted by Gasteiger charge is -2.44. The number of hydrogen-bond acceptors (Lipinski definition) is 4. The van der Waals surface area contributed by atoms with Crippen LogP contribution in [-0.4, -0.2) is 45.7 Å². The van der Waals surface area contributed by atoms with Gasteiger partial charge in [-0.2, -0.15) is 0 Å². The molecule has 4 saturated carbocycles. The van der Waals surface area contributed by atoms with Gasteiger partial charge in [0.2, 0.25) is 0 Å². The summed E-state index contributed by atoms with van der Waals surface area (Å²) in [5, 5.41) is 0. The number of rotatable bonds is 16. The predicted octanol–water partition coefficient (Wildman–Crippen LogP) is 9.52. The number of halogens is 4. The highest BCUT2D eigenvalue weighted by Gasteiger charge is 2.65. The molecule has 4 aliphatic rings. The van der Waals surface area contributed by atoms with Crippen LogP contribution in [0, 0.1) is 35.5 Å². The van der Waals surface area contributed by atoms with Crippen LogP contribution in [0.2, 0.25) is 0 Å². The number of alkyl halides is 4. The fourth-order valence-corrected chi connectivity index (χ4v) is 9.85. The molecule has 4 rings (SSSR count). The number of fused-ring (bicyclic) bond motifs is 2. The quantitative estimate of drug-likeness (QED) is 0.124. The van der Waals surface area contributed by atoms with Crippen LogP contribution >= 0.6 is 46.4 Å². The average molecular weight is 643 g/mol. The molecule has 4 nitrogen and oxygen atoms in total. The first-order valence-corrected chi connectivity index (χ1v) is 17.6. The van der Waals surface area contributed by atoms with E-state index in [1.807, 2.05) is 0 Å². The lowest BCUT2D eigenvalue weighted by molar-refractivity contribution is -0.135. The van der Waals surface area contributed by atoms with E-state index < -0.39 is 8.67 Å². The molecule has 0 aliphatic heterocycles. The minimum absolute atomic E-state index is 0.0655. The van der Waals surface area contributed by atoms with Crippen molar-refractivity contribution in [3.63, 3.8) is 0 Å². The van der Waals surface area contributed by atoms with Crippen molar-refractivity contribution in [1.82, 2.24) is 0 Å². The maximum Gasteiger partial charge on any atom is 0.179 e. The molecule has 0 radical (unpaired) electrons. The number of carbonyl (C=O) groups is 2. The summed E-state index contributed by atoms with van der Waals surface area (Å²) in [6.45, 7) is 10.1. The smallest absolute Gasteiger partial charge is 0.179 e. The molecule has 4 fully saturated rings. The Bertz CT molecular complexity index is 753. The maximum atomic E-state index is 11.8. The molecule has 0 saturated heterocycles. The van der Waals surface area contributed by atoms with Crippen molar-refractivity contribution in [2.24, 2.45) is 35.5 Å². The lowest BCUT2D eigenvalue weighted by atomic mass is 9.69. The van der Waals surface area contributed by atoms with Crippen LogP contribution in [0.3, 0.4) is 0 Å². The molecule has 0 N–H and O–H groups in total. The average Bonchev–Trinajstić information content (AvgIpc) is 3.54. The van der Waals surface area contributed by atoms with E-state index in [0.29, 0.717) is 24.0 Å². The van der Waals surface area contributed by atoms with Gasteiger partial charge in [-0.05, 0) is 77.0 Å². The molecule has 0 aromatic heterocycles. The second-order valence-corrected chi connectivity index (χ2v) is 15.2. The molecule has 40 heavy (non-hydrogen) atoms. The van der Waals surface area contributed by atoms with Gasteiger partial charge in [0.1, 0.15) is 0 Å². The molecule has 0 amide bonds. The van der Waals surface area contributed by atoms with Gasteiger partial charge in [0.15, 0.2) is 20.2 Å². The first-order chi connectivity index (χ1) is 19.0. The number of hydrogen-bond donors (Lipinski definition) is 0. The van der Waals surface area contributed by atoms with Crippen molar-refractivity contribution in [3.05, 3.63) is 0 Å². The van der Waals surface area contributed by atoms with E-state index in [1.54, 1.807) is 0 Å². The van der Waals surface area contributed by atoms with Crippen LogP contribution in [0.15, 0.2) is 0 Å². The van der Waals surface area contributed by atoms with E-state index >= 15 is 0 Å². The SMILES string of the molecule is CCOC(CC)CCCCC1CCC2C(=O)C(Cl)(Cl)C12.CCOC(CC)CCCCC1CCC2C(=O)C(Cl)(Cl)C12. The summed E-state index contributed by atoms with van der Waals surface area (Å²) in [4.78, 5) is 23.5. The first kappa shape index (κ1) is 34.9. The van der Waals surface area contributed by atoms with Gasteiger partial charge in [-0.15, -0.1) is 0 Å². The van der Waals surface area contributed by atoms with Crippen LogP contribution < -0.4 is 0 Å². The zero-order chi connectivity index (χ0) is 29.5. The zero-order valence-electron chi connectivity index (χ0n) is 25.1. The van der Waals surface area contributed by atoms with Crippen LogP contribution in [0.25, 0.3) is 0 Å². The minimum atomic E-state index is -1.08. The Balaban J connectivity index is 0.000000220. The number of ketones is 2. The topological polar surface area (TPSA) is 52.6 Å². The van der Waals surface area contributed by atoms with Gasteiger partial charge in [-0.1, -0.05) is 98.8 Å². The van der Waals surface area contributed by atoms with E-state index in [1.165, 1.54) is 25.7 Å². The second kappa shape index (κ2) is 15.9. The van der Waals surface area contributed by atoms with Gasteiger partial charge in [0.05, 0.1) is 12.2 Å². The summed E-state index contributed by atoms with van der Waals surface area (Å²) in [5.74, 6) is 1.95. The summed E-state index contributed by atoms with van der Waals surface area (Å²) >= 11 is 24.7. The normalized spacial score (nSPS) is 32.8. The summed E-state index contributed by atoms with van der Waals surface area (Å²) in [5.41, 5.74) is 0. The molecule has 8 unspecified atom stereocenters. The second-order valence-electron chi connectivity index (χ2n) is 12.5. The summed E-state index contributed by atoms with van der Waals surface area (Å²) in [6.07, 6.45) is 16.5. The van der Waals surface area contributed by atoms with Crippen molar-refractivity contribution in [1.29, 1.82) is 0 Å². The van der Waals surface area contributed by atoms with Gasteiger partial charge >= 0.3 is 0 Å². The summed E-state index contributed by atoms with van der Waals surface area (Å²) in [6, 6.07) is 0. The van der Waals surface area contributed by atoms with Gasteiger partial charge < -0.3 is 9.47 Å². The van der Waals surface area contributed by atoms with Crippen molar-refractivity contribution >= 4 is 58.0 Å². The van der Waals surface area contributed by atoms with Crippen LogP contribution in [0.5, 0.6) is 0 Å². The number of Topliss-reactive ketones (excluding diaryl/α,β-unsaturated/α-hetero) is 2. The Morgan fingerprint density at radius 3 is 1.35 bits per heavy atom. The van der Waals surface area contributed by atoms with Gasteiger partial charge in [-0.25, -0.2) is 0 Å². The third kappa shape index (κ3) is 7.92. The highest BCUT2D eigenvalue weighted by atomic mass is 35.5. The first-order valence-electron chi connectivity index (χ1n) is 16.1. The molecular formula is C32H52Cl4O4. The van der Waals surface area contributed by atoms with Gasteiger partial charge in [0.25, 0.3) is 0 Å². The fraction of sp³-hybridized carbons (Fsp3) is 0.938. The lowest BCUT2D eigenvalue weighted by Crippen LogP contribution is -2.55. The van der Waals surface area contributed by atoms with Crippen molar-refractivity contribution in [2.45, 2.75) is 138 Å². The van der Waals surface area contributed by atoms with Gasteiger partial charge in [-0.3, -0.25) is 9.59 Å². The monoisotopic (exact) mass is 640 g/mol. The van der Waals surface area contributed by atoms with Crippen molar-refractivity contribution in [2.75, 3.05) is 13.2 Å². The molecule has 0 aromatic carbocycles. The van der Waals surface area contributed by atoms with Crippen LogP contribution in [-0.2, 0) is 19.1 Å². The number of unbranched alkanes of at least 4 members (excludes halogenated alkanes) is 2. The highest BCUT2D eigenvalue weighted by Crippen LogP contribution is 2.61. The van der Waals surface area contributed by atoms with Gasteiger partial charge in [0, 0.05) is 36.9 Å². The van der Waals surface area contributed by atoms with E-state index in [2.05, 4.69) is 27.7 Å². The molecular weight excluding hydrogens is 590 g/mol. The summed E-state index contributed by atoms with van der Waals surface area (Å²) in [7, 11) is 0. The van der Waals surface area contributed by atoms with Crippen LogP contribution in [0.1, 0.15) is 118 Å². The Labute approximate surface area is 263 Å². The molecule has 232 valence electrons. The molecule has 0 bridgehead atoms. The van der Waals surface area contributed by atoms with E-state index in [9.17, 15) is 9.59 Å². The largest absolute Gasteiger partial charge is 0.379 e. The molecule has 0 spiro atoms. The van der Waals surface area contributed by atoms with Crippen molar-refractivity contribution < 1.29 is 19.1 Å². The number of carbonyl (C=O) groups excluding carboxylic acids is 2.